The molecule has 1 aliphatic rings. The Morgan fingerprint density at radius 2 is 1.91 bits per heavy atom. The van der Waals surface area contributed by atoms with E-state index in [2.05, 4.69) is 0 Å². The summed E-state index contributed by atoms with van der Waals surface area (Å²) < 4.78 is 4.84. The molecule has 1 fully saturated rings. The Bertz CT molecular complexity index is 471. The molecule has 0 heterocycles. The Morgan fingerprint density at radius 1 is 1.23 bits per heavy atom. The zero-order chi connectivity index (χ0) is 16.1. The molecule has 5 heteroatoms. The minimum Gasteiger partial charge on any atom is -0.491 e. The number of ether oxygens (including phenoxy) is 1. The van der Waals surface area contributed by atoms with Crippen molar-refractivity contribution in [1.29, 1.82) is 0 Å². The molecule has 1 saturated carbocycles. The van der Waals surface area contributed by atoms with Crippen LogP contribution in [0.4, 0.5) is 0 Å². The minimum atomic E-state index is -0.981. The van der Waals surface area contributed by atoms with Crippen LogP contribution in [-0.2, 0) is 3.61 Å². The number of hydrogen-bond acceptors (Lipinski definition) is 4. The number of alkyl halides is 1. The van der Waals surface area contributed by atoms with Gasteiger partial charge >= 0.3 is 0 Å². The minimum absolute atomic E-state index is 0.313. The molecule has 2 rings (SSSR count). The third-order valence-electron chi connectivity index (χ3n) is 4.29. The van der Waals surface area contributed by atoms with Gasteiger partial charge in [-0.2, -0.15) is 0 Å². The summed E-state index contributed by atoms with van der Waals surface area (Å²) >= 11 is 2.01. The second-order valence-electron chi connectivity index (χ2n) is 6.25. The fourth-order valence-electron chi connectivity index (χ4n) is 2.91. The van der Waals surface area contributed by atoms with Gasteiger partial charge in [-0.05, 0) is 59.7 Å². The molecular formula is C17H26INO3. The predicted octanol–water partition coefficient (Wildman–Crippen LogP) is 3.08. The zero-order valence-electron chi connectivity index (χ0n) is 12.9. The summed E-state index contributed by atoms with van der Waals surface area (Å²) in [6.45, 7) is 0.733. The number of hydrogen-bond donors (Lipinski definition) is 3. The summed E-state index contributed by atoms with van der Waals surface area (Å²) in [5.41, 5.74) is 5.61. The maximum Gasteiger partial charge on any atom is 0.142 e. The molecular weight excluding hydrogens is 393 g/mol. The van der Waals surface area contributed by atoms with Crippen molar-refractivity contribution in [3.05, 3.63) is 29.8 Å². The van der Waals surface area contributed by atoms with E-state index in [9.17, 15) is 10.2 Å². The van der Waals surface area contributed by atoms with Crippen molar-refractivity contribution in [3.8, 4) is 5.75 Å². The monoisotopic (exact) mass is 419 g/mol. The lowest BCUT2D eigenvalue weighted by Gasteiger charge is -2.27. The molecule has 0 radical (unpaired) electrons. The van der Waals surface area contributed by atoms with Gasteiger partial charge in [0.25, 0.3) is 0 Å². The van der Waals surface area contributed by atoms with Crippen LogP contribution < -0.4 is 10.5 Å². The molecule has 0 bridgehead atoms. The summed E-state index contributed by atoms with van der Waals surface area (Å²) in [6.07, 6.45) is 6.60. The highest BCUT2D eigenvalue weighted by Crippen LogP contribution is 2.34. The van der Waals surface area contributed by atoms with E-state index in [0.29, 0.717) is 25.3 Å². The first-order chi connectivity index (χ1) is 10.5. The van der Waals surface area contributed by atoms with Crippen molar-refractivity contribution >= 4 is 22.6 Å². The van der Waals surface area contributed by atoms with E-state index >= 15 is 0 Å². The molecule has 124 valence electrons. The van der Waals surface area contributed by atoms with Gasteiger partial charge in [-0.3, -0.25) is 0 Å². The average Bonchev–Trinajstić information content (AvgIpc) is 2.71. The highest BCUT2D eigenvalue weighted by Gasteiger charge is 2.29. The average molecular weight is 419 g/mol. The van der Waals surface area contributed by atoms with Gasteiger partial charge in [0, 0.05) is 6.42 Å². The molecule has 22 heavy (non-hydrogen) atoms. The molecule has 0 aromatic heterocycles. The van der Waals surface area contributed by atoms with Crippen molar-refractivity contribution in [1.82, 2.24) is 0 Å². The first-order valence-electron chi connectivity index (χ1n) is 8.02. The molecule has 4 nitrogen and oxygen atoms in total. The van der Waals surface area contributed by atoms with E-state index in [1.165, 1.54) is 12.8 Å². The van der Waals surface area contributed by atoms with Gasteiger partial charge in [0.15, 0.2) is 0 Å². The van der Waals surface area contributed by atoms with E-state index in [4.69, 9.17) is 10.5 Å². The first kappa shape index (κ1) is 18.0. The SMILES string of the molecule is NCCC(O)(I)c1cccc(OCC2(O)CCCCCC2)c1. The Labute approximate surface area is 146 Å². The Balaban J connectivity index is 2.01. The van der Waals surface area contributed by atoms with Gasteiger partial charge in [0.1, 0.15) is 16.0 Å². The summed E-state index contributed by atoms with van der Waals surface area (Å²) in [7, 11) is 0. The summed E-state index contributed by atoms with van der Waals surface area (Å²) in [4.78, 5) is 0. The van der Waals surface area contributed by atoms with Crippen LogP contribution in [-0.4, -0.2) is 29.0 Å². The topological polar surface area (TPSA) is 75.7 Å². The maximum absolute atomic E-state index is 10.6. The Morgan fingerprint density at radius 3 is 2.55 bits per heavy atom. The third-order valence-corrected chi connectivity index (χ3v) is 5.46. The van der Waals surface area contributed by atoms with Crippen LogP contribution >= 0.6 is 22.6 Å². The molecule has 1 aliphatic carbocycles. The van der Waals surface area contributed by atoms with Crippen LogP contribution in [0.25, 0.3) is 0 Å². The first-order valence-corrected chi connectivity index (χ1v) is 9.10. The van der Waals surface area contributed by atoms with Crippen LogP contribution in [0.3, 0.4) is 0 Å². The largest absolute Gasteiger partial charge is 0.491 e. The third kappa shape index (κ3) is 5.08. The number of aliphatic hydroxyl groups is 2. The van der Waals surface area contributed by atoms with Crippen molar-refractivity contribution in [2.24, 2.45) is 5.73 Å². The molecule has 0 amide bonds. The van der Waals surface area contributed by atoms with Crippen LogP contribution in [0.15, 0.2) is 24.3 Å². The summed E-state index contributed by atoms with van der Waals surface area (Å²) in [6, 6.07) is 7.43. The van der Waals surface area contributed by atoms with E-state index in [-0.39, 0.29) is 0 Å². The molecule has 0 saturated heterocycles. The fraction of sp³-hybridized carbons (Fsp3) is 0.647. The molecule has 1 atom stereocenters. The van der Waals surface area contributed by atoms with Crippen molar-refractivity contribution in [2.45, 2.75) is 54.2 Å². The van der Waals surface area contributed by atoms with Crippen LogP contribution in [0.5, 0.6) is 5.75 Å². The van der Waals surface area contributed by atoms with Crippen LogP contribution in [0, 0.1) is 0 Å². The van der Waals surface area contributed by atoms with Gasteiger partial charge < -0.3 is 20.7 Å². The van der Waals surface area contributed by atoms with E-state index in [1.807, 2.05) is 46.9 Å². The van der Waals surface area contributed by atoms with Gasteiger partial charge in [-0.1, -0.05) is 37.8 Å². The number of benzene rings is 1. The van der Waals surface area contributed by atoms with Gasteiger partial charge in [0.05, 0.1) is 5.60 Å². The summed E-state index contributed by atoms with van der Waals surface area (Å²) in [5, 5.41) is 21.1. The second-order valence-corrected chi connectivity index (χ2v) is 8.04. The lowest BCUT2D eigenvalue weighted by Crippen LogP contribution is -2.35. The fourth-order valence-corrected chi connectivity index (χ4v) is 3.56. The van der Waals surface area contributed by atoms with Gasteiger partial charge in [0.2, 0.25) is 0 Å². The molecule has 1 unspecified atom stereocenters. The molecule has 1 aromatic carbocycles. The maximum atomic E-state index is 10.6. The molecule has 4 N–H and O–H groups in total. The van der Waals surface area contributed by atoms with Crippen molar-refractivity contribution in [3.63, 3.8) is 0 Å². The predicted molar refractivity (Wildman–Crippen MR) is 96.2 cm³/mol. The Hall–Kier alpha value is -0.370. The highest BCUT2D eigenvalue weighted by molar-refractivity contribution is 14.1. The van der Waals surface area contributed by atoms with E-state index < -0.39 is 9.21 Å². The van der Waals surface area contributed by atoms with Gasteiger partial charge in [-0.25, -0.2) is 0 Å². The number of rotatable bonds is 6. The molecule has 0 aliphatic heterocycles. The van der Waals surface area contributed by atoms with Gasteiger partial charge in [-0.15, -0.1) is 0 Å². The highest BCUT2D eigenvalue weighted by atomic mass is 127. The summed E-state index contributed by atoms with van der Waals surface area (Å²) in [5.74, 6) is 0.683. The number of nitrogens with two attached hydrogens (primary N) is 1. The standard InChI is InChI=1S/C17H26INO3/c18-17(21,10-11-19)14-6-5-7-15(12-14)22-13-16(20)8-3-1-2-4-9-16/h5-7,12,20-21H,1-4,8-11,13,19H2. The zero-order valence-corrected chi connectivity index (χ0v) is 15.1. The Kier molecular flexibility index (Phi) is 6.49. The smallest absolute Gasteiger partial charge is 0.142 e. The van der Waals surface area contributed by atoms with Crippen LogP contribution in [0.1, 0.15) is 50.5 Å². The lowest BCUT2D eigenvalue weighted by atomic mass is 9.96. The second kappa shape index (κ2) is 7.95. The van der Waals surface area contributed by atoms with Crippen molar-refractivity contribution in [2.75, 3.05) is 13.2 Å². The molecule has 0 spiro atoms. The van der Waals surface area contributed by atoms with Crippen LogP contribution in [0.2, 0.25) is 0 Å². The number of halogens is 1. The van der Waals surface area contributed by atoms with E-state index in [1.54, 1.807) is 0 Å². The molecule has 1 aromatic rings. The van der Waals surface area contributed by atoms with Crippen molar-refractivity contribution < 1.29 is 14.9 Å². The quantitative estimate of drug-likeness (QED) is 0.377. The lowest BCUT2D eigenvalue weighted by molar-refractivity contribution is -0.0174. The van der Waals surface area contributed by atoms with E-state index in [0.717, 1.165) is 31.2 Å². The normalized spacial score (nSPS) is 20.9.